The normalized spacial score (nSPS) is 15.3. The number of ether oxygens (including phenoxy) is 1. The third kappa shape index (κ3) is 4.13. The molecule has 29 heavy (non-hydrogen) atoms. The van der Waals surface area contributed by atoms with Gasteiger partial charge in [-0.15, -0.1) is 0 Å². The minimum absolute atomic E-state index is 0.121. The van der Waals surface area contributed by atoms with Gasteiger partial charge in [-0.25, -0.2) is 4.98 Å². The largest absolute Gasteiger partial charge is 0.477 e. The Kier molecular flexibility index (Phi) is 5.29. The van der Waals surface area contributed by atoms with Crippen molar-refractivity contribution in [3.05, 3.63) is 78.4 Å². The second-order valence-corrected chi connectivity index (χ2v) is 6.93. The fraction of sp³-hybridized carbons (Fsp3) is 0.227. The number of rotatable bonds is 5. The van der Waals surface area contributed by atoms with E-state index >= 15 is 0 Å². The number of hydrogen-bond acceptors (Lipinski definition) is 4. The molecule has 2 heterocycles. The molecular formula is C22H22N4O3. The fourth-order valence-electron chi connectivity index (χ4n) is 3.43. The molecule has 1 atom stereocenters. The van der Waals surface area contributed by atoms with Gasteiger partial charge >= 0.3 is 0 Å². The molecule has 0 saturated heterocycles. The number of benzene rings is 2. The lowest BCUT2D eigenvalue weighted by Crippen LogP contribution is -2.50. The number of para-hydroxylation sites is 2. The van der Waals surface area contributed by atoms with Crippen LogP contribution in [0, 0.1) is 0 Å². The summed E-state index contributed by atoms with van der Waals surface area (Å²) in [6, 6.07) is 15.2. The van der Waals surface area contributed by atoms with Gasteiger partial charge < -0.3 is 19.5 Å². The van der Waals surface area contributed by atoms with Crippen LogP contribution in [0.25, 0.3) is 0 Å². The number of fused-ring (bicyclic) bond motifs is 1. The molecular weight excluding hydrogens is 368 g/mol. The third-order valence-corrected chi connectivity index (χ3v) is 4.93. The highest BCUT2D eigenvalue weighted by molar-refractivity contribution is 5.95. The van der Waals surface area contributed by atoms with E-state index in [1.165, 1.54) is 6.92 Å². The highest BCUT2D eigenvalue weighted by atomic mass is 16.5. The van der Waals surface area contributed by atoms with Crippen LogP contribution in [0.15, 0.2) is 67.3 Å². The Hall–Kier alpha value is -3.61. The first kappa shape index (κ1) is 18.7. The predicted molar refractivity (Wildman–Crippen MR) is 109 cm³/mol. The van der Waals surface area contributed by atoms with E-state index in [2.05, 4.69) is 10.3 Å². The van der Waals surface area contributed by atoms with Crippen molar-refractivity contribution in [3.8, 4) is 5.75 Å². The van der Waals surface area contributed by atoms with Crippen LogP contribution in [0.3, 0.4) is 0 Å². The first-order chi connectivity index (χ1) is 14.1. The van der Waals surface area contributed by atoms with E-state index in [0.29, 0.717) is 24.5 Å². The highest BCUT2D eigenvalue weighted by Crippen LogP contribution is 2.33. The monoisotopic (exact) mass is 390 g/mol. The van der Waals surface area contributed by atoms with Crippen LogP contribution in [0.5, 0.6) is 5.75 Å². The summed E-state index contributed by atoms with van der Waals surface area (Å²) in [6.45, 7) is 2.74. The lowest BCUT2D eigenvalue weighted by Gasteiger charge is -2.33. The standard InChI is InChI=1S/C22H22N4O3/c1-16(27)26-14-21(29-20-9-5-4-8-19(20)26)22(28)24-12-17-6-2-3-7-18(17)13-25-11-10-23-15-25/h2-11,15,21H,12-14H2,1H3,(H,24,28)/t21-/m0/s1. The summed E-state index contributed by atoms with van der Waals surface area (Å²) in [6.07, 6.45) is 4.65. The number of nitrogens with zero attached hydrogens (tertiary/aromatic N) is 3. The molecule has 0 radical (unpaired) electrons. The smallest absolute Gasteiger partial charge is 0.263 e. The zero-order valence-electron chi connectivity index (χ0n) is 16.1. The van der Waals surface area contributed by atoms with Crippen molar-refractivity contribution >= 4 is 17.5 Å². The molecule has 1 aliphatic heterocycles. The van der Waals surface area contributed by atoms with Gasteiger partial charge in [-0.05, 0) is 23.3 Å². The van der Waals surface area contributed by atoms with Crippen molar-refractivity contribution in [2.75, 3.05) is 11.4 Å². The van der Waals surface area contributed by atoms with Crippen molar-refractivity contribution < 1.29 is 14.3 Å². The van der Waals surface area contributed by atoms with E-state index in [1.54, 1.807) is 23.5 Å². The van der Waals surface area contributed by atoms with Crippen LogP contribution in [-0.4, -0.2) is 34.0 Å². The van der Waals surface area contributed by atoms with E-state index in [0.717, 1.165) is 11.1 Å². The first-order valence-corrected chi connectivity index (χ1v) is 9.46. The number of carbonyl (C=O) groups is 2. The van der Waals surface area contributed by atoms with E-state index in [4.69, 9.17) is 4.74 Å². The Bertz CT molecular complexity index is 1020. The molecule has 4 rings (SSSR count). The summed E-state index contributed by atoms with van der Waals surface area (Å²) in [5, 5.41) is 2.95. The van der Waals surface area contributed by atoms with Crippen LogP contribution >= 0.6 is 0 Å². The van der Waals surface area contributed by atoms with Gasteiger partial charge in [-0.3, -0.25) is 9.59 Å². The molecule has 7 heteroatoms. The molecule has 1 aromatic heterocycles. The van der Waals surface area contributed by atoms with Crippen LogP contribution < -0.4 is 15.0 Å². The summed E-state index contributed by atoms with van der Waals surface area (Å²) in [4.78, 5) is 30.5. The van der Waals surface area contributed by atoms with E-state index in [1.807, 2.05) is 53.2 Å². The van der Waals surface area contributed by atoms with Gasteiger partial charge in [0.15, 0.2) is 6.10 Å². The predicted octanol–water partition coefficient (Wildman–Crippen LogP) is 2.36. The van der Waals surface area contributed by atoms with Crippen molar-refractivity contribution in [1.29, 1.82) is 0 Å². The number of aromatic nitrogens is 2. The lowest BCUT2D eigenvalue weighted by molar-refractivity contribution is -0.128. The number of hydrogen-bond donors (Lipinski definition) is 1. The maximum Gasteiger partial charge on any atom is 0.263 e. The molecule has 1 aliphatic rings. The summed E-state index contributed by atoms with van der Waals surface area (Å²) < 4.78 is 7.84. The van der Waals surface area contributed by atoms with Crippen LogP contribution in [0.2, 0.25) is 0 Å². The number of nitrogens with one attached hydrogen (secondary N) is 1. The van der Waals surface area contributed by atoms with Crippen LogP contribution in [0.4, 0.5) is 5.69 Å². The van der Waals surface area contributed by atoms with Gasteiger partial charge in [0.1, 0.15) is 5.75 Å². The average molecular weight is 390 g/mol. The van der Waals surface area contributed by atoms with Gasteiger partial charge in [0.25, 0.3) is 5.91 Å². The fourth-order valence-corrected chi connectivity index (χ4v) is 3.43. The second kappa shape index (κ2) is 8.18. The number of anilines is 1. The first-order valence-electron chi connectivity index (χ1n) is 9.46. The molecule has 0 saturated carbocycles. The molecule has 0 fully saturated rings. The van der Waals surface area contributed by atoms with Gasteiger partial charge in [0.05, 0.1) is 18.6 Å². The summed E-state index contributed by atoms with van der Waals surface area (Å²) in [5.41, 5.74) is 2.81. The van der Waals surface area contributed by atoms with Crippen LogP contribution in [-0.2, 0) is 22.7 Å². The zero-order valence-corrected chi connectivity index (χ0v) is 16.1. The average Bonchev–Trinajstić information content (AvgIpc) is 3.25. The van der Waals surface area contributed by atoms with Gasteiger partial charge in [-0.2, -0.15) is 0 Å². The van der Waals surface area contributed by atoms with Crippen molar-refractivity contribution in [2.24, 2.45) is 0 Å². The molecule has 2 amide bonds. The van der Waals surface area contributed by atoms with E-state index in [-0.39, 0.29) is 18.4 Å². The van der Waals surface area contributed by atoms with Gasteiger partial charge in [-0.1, -0.05) is 36.4 Å². The SMILES string of the molecule is CC(=O)N1C[C@@H](C(=O)NCc2ccccc2Cn2ccnc2)Oc2ccccc21. The topological polar surface area (TPSA) is 76.5 Å². The number of imidazole rings is 1. The lowest BCUT2D eigenvalue weighted by atomic mass is 10.1. The second-order valence-electron chi connectivity index (χ2n) is 6.93. The quantitative estimate of drug-likeness (QED) is 0.726. The molecule has 3 aromatic rings. The Labute approximate surface area is 168 Å². The molecule has 1 N–H and O–H groups in total. The van der Waals surface area contributed by atoms with Gasteiger partial charge in [0.2, 0.25) is 5.91 Å². The summed E-state index contributed by atoms with van der Waals surface area (Å²) in [7, 11) is 0. The van der Waals surface area contributed by atoms with Crippen molar-refractivity contribution in [1.82, 2.24) is 14.9 Å². The Balaban J connectivity index is 1.45. The van der Waals surface area contributed by atoms with Crippen molar-refractivity contribution in [2.45, 2.75) is 26.1 Å². The van der Waals surface area contributed by atoms with Gasteiger partial charge in [0, 0.05) is 32.4 Å². The zero-order chi connectivity index (χ0) is 20.2. The highest BCUT2D eigenvalue weighted by Gasteiger charge is 2.32. The minimum atomic E-state index is -0.755. The van der Waals surface area contributed by atoms with Crippen molar-refractivity contribution in [3.63, 3.8) is 0 Å². The third-order valence-electron chi connectivity index (χ3n) is 4.93. The molecule has 0 bridgehead atoms. The summed E-state index contributed by atoms with van der Waals surface area (Å²) in [5.74, 6) is 0.169. The molecule has 0 unspecified atom stereocenters. The van der Waals surface area contributed by atoms with E-state index < -0.39 is 6.10 Å². The molecule has 148 valence electrons. The number of carbonyl (C=O) groups excluding carboxylic acids is 2. The molecule has 7 nitrogen and oxygen atoms in total. The Morgan fingerprint density at radius 2 is 1.90 bits per heavy atom. The molecule has 0 spiro atoms. The summed E-state index contributed by atoms with van der Waals surface area (Å²) >= 11 is 0. The molecule has 0 aliphatic carbocycles. The van der Waals surface area contributed by atoms with E-state index in [9.17, 15) is 9.59 Å². The maximum absolute atomic E-state index is 12.8. The number of amides is 2. The van der Waals surface area contributed by atoms with Crippen LogP contribution in [0.1, 0.15) is 18.1 Å². The Morgan fingerprint density at radius 1 is 1.14 bits per heavy atom. The minimum Gasteiger partial charge on any atom is -0.477 e. The maximum atomic E-state index is 12.8. The Morgan fingerprint density at radius 3 is 2.66 bits per heavy atom. The molecule has 2 aromatic carbocycles.